The molecular formula is C19H17ClN2O3S. The van der Waals surface area contributed by atoms with Crippen molar-refractivity contribution in [2.24, 2.45) is 0 Å². The summed E-state index contributed by atoms with van der Waals surface area (Å²) in [4.78, 5) is 27.6. The van der Waals surface area contributed by atoms with Gasteiger partial charge in [-0.2, -0.15) is 0 Å². The summed E-state index contributed by atoms with van der Waals surface area (Å²) in [6.07, 6.45) is 3.36. The van der Waals surface area contributed by atoms with E-state index in [4.69, 9.17) is 16.5 Å². The molecule has 2 heterocycles. The van der Waals surface area contributed by atoms with Gasteiger partial charge in [0.15, 0.2) is 0 Å². The number of nitrogens with zero attached hydrogens (tertiary/aromatic N) is 1. The lowest BCUT2D eigenvalue weighted by atomic mass is 10.1. The van der Waals surface area contributed by atoms with Crippen LogP contribution < -0.4 is 5.32 Å². The lowest BCUT2D eigenvalue weighted by Gasteiger charge is -2.07. The molecule has 0 bridgehead atoms. The van der Waals surface area contributed by atoms with Crippen LogP contribution in [0, 0.1) is 6.92 Å². The van der Waals surface area contributed by atoms with Crippen molar-refractivity contribution in [3.05, 3.63) is 69.8 Å². The molecule has 3 aromatic rings. The van der Waals surface area contributed by atoms with Crippen molar-refractivity contribution in [1.82, 2.24) is 4.98 Å². The van der Waals surface area contributed by atoms with Gasteiger partial charge in [0.1, 0.15) is 6.61 Å². The van der Waals surface area contributed by atoms with Gasteiger partial charge in [-0.1, -0.05) is 17.7 Å². The van der Waals surface area contributed by atoms with Gasteiger partial charge in [0.2, 0.25) is 0 Å². The van der Waals surface area contributed by atoms with Crippen molar-refractivity contribution in [2.45, 2.75) is 13.5 Å². The van der Waals surface area contributed by atoms with E-state index in [0.29, 0.717) is 16.5 Å². The molecule has 1 amide bonds. The molecule has 0 spiro atoms. The van der Waals surface area contributed by atoms with Crippen LogP contribution in [0.1, 0.15) is 20.8 Å². The Kier molecular flexibility index (Phi) is 6.00. The van der Waals surface area contributed by atoms with Crippen LogP contribution in [0.3, 0.4) is 0 Å². The minimum absolute atomic E-state index is 0.162. The van der Waals surface area contributed by atoms with Gasteiger partial charge in [-0.3, -0.25) is 9.78 Å². The largest absolute Gasteiger partial charge is 0.321 e. The Labute approximate surface area is 160 Å². The van der Waals surface area contributed by atoms with Gasteiger partial charge in [-0.25, -0.2) is 9.78 Å². The fourth-order valence-electron chi connectivity index (χ4n) is 2.38. The lowest BCUT2D eigenvalue weighted by molar-refractivity contribution is -0.282. The first-order valence-corrected chi connectivity index (χ1v) is 9.04. The molecule has 2 aromatic heterocycles. The Morgan fingerprint density at radius 1 is 1.27 bits per heavy atom. The number of carbonyl (C=O) groups is 1. The van der Waals surface area contributed by atoms with Gasteiger partial charge >= 0.3 is 0 Å². The van der Waals surface area contributed by atoms with E-state index in [-0.39, 0.29) is 5.91 Å². The van der Waals surface area contributed by atoms with Crippen LogP contribution in [0.25, 0.3) is 10.4 Å². The number of aryl methyl sites for hydroxylation is 1. The monoisotopic (exact) mass is 388 g/mol. The van der Waals surface area contributed by atoms with Crippen LogP contribution in [-0.4, -0.2) is 18.0 Å². The van der Waals surface area contributed by atoms with E-state index in [1.54, 1.807) is 24.5 Å². The van der Waals surface area contributed by atoms with Crippen molar-refractivity contribution in [1.29, 1.82) is 0 Å². The Hall–Kier alpha value is -2.25. The van der Waals surface area contributed by atoms with Gasteiger partial charge in [0.05, 0.1) is 12.0 Å². The summed E-state index contributed by atoms with van der Waals surface area (Å²) in [5.74, 6) is -0.162. The minimum Gasteiger partial charge on any atom is -0.321 e. The van der Waals surface area contributed by atoms with E-state index in [1.165, 1.54) is 18.4 Å². The third-order valence-electron chi connectivity index (χ3n) is 3.74. The van der Waals surface area contributed by atoms with Gasteiger partial charge in [-0.05, 0) is 48.4 Å². The fourth-order valence-corrected chi connectivity index (χ4v) is 3.59. The van der Waals surface area contributed by atoms with Crippen LogP contribution in [-0.2, 0) is 16.4 Å². The molecule has 0 aliphatic carbocycles. The second-order valence-corrected chi connectivity index (χ2v) is 7.04. The number of halogens is 1. The number of hydrogen-bond acceptors (Lipinski definition) is 5. The van der Waals surface area contributed by atoms with Crippen LogP contribution in [0.2, 0.25) is 5.02 Å². The Morgan fingerprint density at radius 2 is 2.12 bits per heavy atom. The first kappa shape index (κ1) is 18.5. The van der Waals surface area contributed by atoms with E-state index in [2.05, 4.69) is 15.2 Å². The van der Waals surface area contributed by atoms with Crippen LogP contribution >= 0.6 is 22.9 Å². The highest BCUT2D eigenvalue weighted by Crippen LogP contribution is 2.34. The number of thiophene rings is 1. The maximum Gasteiger partial charge on any atom is 0.265 e. The number of rotatable bonds is 6. The van der Waals surface area contributed by atoms with E-state index < -0.39 is 0 Å². The topological polar surface area (TPSA) is 60.5 Å². The molecule has 1 N–H and O–H groups in total. The molecule has 5 nitrogen and oxygen atoms in total. The normalized spacial score (nSPS) is 10.7. The number of benzene rings is 1. The van der Waals surface area contributed by atoms with Crippen molar-refractivity contribution >= 4 is 34.5 Å². The number of pyridine rings is 1. The van der Waals surface area contributed by atoms with Gasteiger partial charge in [0, 0.05) is 33.5 Å². The smallest absolute Gasteiger partial charge is 0.265 e. The highest BCUT2D eigenvalue weighted by atomic mass is 35.5. The lowest BCUT2D eigenvalue weighted by Crippen LogP contribution is -2.11. The zero-order chi connectivity index (χ0) is 18.5. The van der Waals surface area contributed by atoms with E-state index >= 15 is 0 Å². The molecule has 1 aromatic carbocycles. The van der Waals surface area contributed by atoms with E-state index in [9.17, 15) is 4.79 Å². The summed E-state index contributed by atoms with van der Waals surface area (Å²) in [7, 11) is 1.46. The molecule has 7 heteroatoms. The second kappa shape index (κ2) is 8.42. The predicted octanol–water partition coefficient (Wildman–Crippen LogP) is 5.10. The molecular weight excluding hydrogens is 372 g/mol. The maximum absolute atomic E-state index is 12.5. The third kappa shape index (κ3) is 4.28. The molecule has 0 radical (unpaired) electrons. The van der Waals surface area contributed by atoms with Gasteiger partial charge in [0.25, 0.3) is 5.91 Å². The zero-order valence-corrected chi connectivity index (χ0v) is 15.9. The summed E-state index contributed by atoms with van der Waals surface area (Å²) >= 11 is 7.71. The third-order valence-corrected chi connectivity index (χ3v) is 5.18. The minimum atomic E-state index is -0.162. The van der Waals surface area contributed by atoms with E-state index in [1.807, 2.05) is 31.2 Å². The van der Waals surface area contributed by atoms with Gasteiger partial charge < -0.3 is 5.32 Å². The Bertz CT molecular complexity index is 927. The molecule has 0 aliphatic rings. The molecule has 26 heavy (non-hydrogen) atoms. The van der Waals surface area contributed by atoms with Crippen molar-refractivity contribution in [3.63, 3.8) is 0 Å². The van der Waals surface area contributed by atoms with Gasteiger partial charge in [-0.15, -0.1) is 11.3 Å². The second-order valence-electron chi connectivity index (χ2n) is 5.55. The SMILES string of the molecule is COOCc1ccc(Cl)c(-c2ccc(C(=O)Nc3ccncc3C)s2)c1. The molecule has 0 saturated heterocycles. The number of carbonyl (C=O) groups excluding carboxylic acids is 1. The Balaban J connectivity index is 1.81. The quantitative estimate of drug-likeness (QED) is 0.471. The average molecular weight is 389 g/mol. The molecule has 0 atom stereocenters. The summed E-state index contributed by atoms with van der Waals surface area (Å²) in [5.41, 5.74) is 3.44. The highest BCUT2D eigenvalue weighted by molar-refractivity contribution is 7.17. The number of nitrogens with one attached hydrogen (secondary N) is 1. The van der Waals surface area contributed by atoms with Crippen LogP contribution in [0.4, 0.5) is 5.69 Å². The molecule has 0 saturated carbocycles. The standard InChI is InChI=1S/C19H17ClN2O3S/c1-12-10-21-8-7-16(12)22-19(23)18-6-5-17(26-18)14-9-13(11-25-24-2)3-4-15(14)20/h3-10H,11H2,1-2H3,(H,21,22,23). The molecule has 0 unspecified atom stereocenters. The fraction of sp³-hybridized carbons (Fsp3) is 0.158. The number of anilines is 1. The summed E-state index contributed by atoms with van der Waals surface area (Å²) in [6, 6.07) is 11.1. The first-order valence-electron chi connectivity index (χ1n) is 7.84. The summed E-state index contributed by atoms with van der Waals surface area (Å²) < 4.78 is 0. The number of aromatic nitrogens is 1. The summed E-state index contributed by atoms with van der Waals surface area (Å²) in [6.45, 7) is 2.22. The number of amides is 1. The van der Waals surface area contributed by atoms with E-state index in [0.717, 1.165) is 27.3 Å². The van der Waals surface area contributed by atoms with Crippen LogP contribution in [0.5, 0.6) is 0 Å². The maximum atomic E-state index is 12.5. The molecule has 3 rings (SSSR count). The molecule has 0 fully saturated rings. The highest BCUT2D eigenvalue weighted by Gasteiger charge is 2.14. The average Bonchev–Trinajstić information content (AvgIpc) is 3.13. The Morgan fingerprint density at radius 3 is 2.88 bits per heavy atom. The molecule has 0 aliphatic heterocycles. The predicted molar refractivity (Wildman–Crippen MR) is 103 cm³/mol. The first-order chi connectivity index (χ1) is 12.6. The van der Waals surface area contributed by atoms with Crippen molar-refractivity contribution in [2.75, 3.05) is 12.4 Å². The number of hydrogen-bond donors (Lipinski definition) is 1. The van der Waals surface area contributed by atoms with Crippen molar-refractivity contribution < 1.29 is 14.6 Å². The zero-order valence-electron chi connectivity index (χ0n) is 14.3. The van der Waals surface area contributed by atoms with Crippen molar-refractivity contribution in [3.8, 4) is 10.4 Å². The van der Waals surface area contributed by atoms with Crippen LogP contribution in [0.15, 0.2) is 48.8 Å². The molecule has 134 valence electrons. The summed E-state index contributed by atoms with van der Waals surface area (Å²) in [5, 5.41) is 3.52.